The second-order valence-corrected chi connectivity index (χ2v) is 6.16. The van der Waals surface area contributed by atoms with E-state index in [0.29, 0.717) is 16.8 Å². The van der Waals surface area contributed by atoms with Crippen molar-refractivity contribution in [1.82, 2.24) is 9.78 Å². The van der Waals surface area contributed by atoms with E-state index in [-0.39, 0.29) is 0 Å². The number of hydrogen-bond acceptors (Lipinski definition) is 3. The third-order valence-electron chi connectivity index (χ3n) is 3.31. The molecule has 2 N–H and O–H groups in total. The van der Waals surface area contributed by atoms with Crippen molar-refractivity contribution in [2.24, 2.45) is 0 Å². The molecule has 5 heteroatoms. The lowest BCUT2D eigenvalue weighted by atomic mass is 10.2. The van der Waals surface area contributed by atoms with Crippen LogP contribution >= 0.6 is 23.4 Å². The normalized spacial score (nSPS) is 11.2. The molecular formula is C15H20ClN3S. The summed E-state index contributed by atoms with van der Waals surface area (Å²) in [5.74, 6) is 0.816. The topological polar surface area (TPSA) is 43.8 Å². The first-order valence-electron chi connectivity index (χ1n) is 6.85. The van der Waals surface area contributed by atoms with E-state index < -0.39 is 0 Å². The van der Waals surface area contributed by atoms with E-state index in [0.717, 1.165) is 29.2 Å². The number of thioether (sulfide) groups is 1. The third kappa shape index (κ3) is 3.70. The van der Waals surface area contributed by atoms with Crippen LogP contribution in [0.5, 0.6) is 0 Å². The standard InChI is InChI=1S/C15H20ClN3S/c1-3-13(4-2)19-8-7-12(18-19)10-20-15-6-5-11(17)9-14(15)16/h5-9,13H,3-4,10,17H2,1-2H3. The highest BCUT2D eigenvalue weighted by Gasteiger charge is 2.09. The fourth-order valence-electron chi connectivity index (χ4n) is 2.11. The molecule has 0 saturated carbocycles. The van der Waals surface area contributed by atoms with Crippen molar-refractivity contribution in [2.45, 2.75) is 43.4 Å². The minimum Gasteiger partial charge on any atom is -0.399 e. The molecule has 0 bridgehead atoms. The van der Waals surface area contributed by atoms with Crippen molar-refractivity contribution in [3.8, 4) is 0 Å². The van der Waals surface area contributed by atoms with Crippen molar-refractivity contribution >= 4 is 29.1 Å². The fraction of sp³-hybridized carbons (Fsp3) is 0.400. The first kappa shape index (κ1) is 15.3. The van der Waals surface area contributed by atoms with Crippen molar-refractivity contribution in [3.63, 3.8) is 0 Å². The van der Waals surface area contributed by atoms with Gasteiger partial charge in [-0.25, -0.2) is 0 Å². The second-order valence-electron chi connectivity index (χ2n) is 4.74. The molecule has 1 aromatic carbocycles. The first-order valence-corrected chi connectivity index (χ1v) is 8.22. The lowest BCUT2D eigenvalue weighted by Gasteiger charge is -2.12. The quantitative estimate of drug-likeness (QED) is 0.617. The average molecular weight is 310 g/mol. The van der Waals surface area contributed by atoms with E-state index in [9.17, 15) is 0 Å². The Morgan fingerprint density at radius 2 is 2.05 bits per heavy atom. The van der Waals surface area contributed by atoms with Crippen LogP contribution in [0.15, 0.2) is 35.4 Å². The van der Waals surface area contributed by atoms with Gasteiger partial charge in [-0.15, -0.1) is 11.8 Å². The Morgan fingerprint density at radius 3 is 2.70 bits per heavy atom. The molecule has 2 aromatic rings. The predicted molar refractivity (Wildman–Crippen MR) is 87.3 cm³/mol. The molecule has 108 valence electrons. The highest BCUT2D eigenvalue weighted by atomic mass is 35.5. The van der Waals surface area contributed by atoms with Crippen LogP contribution < -0.4 is 5.73 Å². The van der Waals surface area contributed by atoms with Crippen LogP contribution in [0.4, 0.5) is 5.69 Å². The van der Waals surface area contributed by atoms with Crippen molar-refractivity contribution in [3.05, 3.63) is 41.2 Å². The molecule has 0 atom stereocenters. The number of nitrogens with two attached hydrogens (primary N) is 1. The van der Waals surface area contributed by atoms with Gasteiger partial charge in [-0.1, -0.05) is 25.4 Å². The summed E-state index contributed by atoms with van der Waals surface area (Å²) < 4.78 is 2.07. The first-order chi connectivity index (χ1) is 9.63. The summed E-state index contributed by atoms with van der Waals surface area (Å²) in [4.78, 5) is 1.04. The van der Waals surface area contributed by atoms with Gasteiger partial charge in [-0.05, 0) is 37.1 Å². The number of nitrogen functional groups attached to an aromatic ring is 1. The molecule has 0 fully saturated rings. The average Bonchev–Trinajstić information content (AvgIpc) is 2.88. The number of anilines is 1. The summed E-state index contributed by atoms with van der Waals surface area (Å²) >= 11 is 7.86. The van der Waals surface area contributed by atoms with Crippen molar-refractivity contribution in [1.29, 1.82) is 0 Å². The zero-order valence-electron chi connectivity index (χ0n) is 11.8. The van der Waals surface area contributed by atoms with E-state index in [2.05, 4.69) is 35.9 Å². The Balaban J connectivity index is 2.00. The van der Waals surface area contributed by atoms with Gasteiger partial charge in [0.2, 0.25) is 0 Å². The van der Waals surface area contributed by atoms with Crippen molar-refractivity contribution in [2.75, 3.05) is 5.73 Å². The lowest BCUT2D eigenvalue weighted by Crippen LogP contribution is -2.07. The van der Waals surface area contributed by atoms with Gasteiger partial charge < -0.3 is 5.73 Å². The molecule has 0 amide bonds. The molecular weight excluding hydrogens is 290 g/mol. The van der Waals surface area contributed by atoms with Crippen LogP contribution in [0.2, 0.25) is 5.02 Å². The Kier molecular flexibility index (Phi) is 5.38. The van der Waals surface area contributed by atoms with Gasteiger partial charge in [0.25, 0.3) is 0 Å². The SMILES string of the molecule is CCC(CC)n1ccc(CSc2ccc(N)cc2Cl)n1. The molecule has 3 nitrogen and oxygen atoms in total. The molecule has 0 radical (unpaired) electrons. The summed E-state index contributed by atoms with van der Waals surface area (Å²) in [5.41, 5.74) is 7.46. The summed E-state index contributed by atoms with van der Waals surface area (Å²) in [6.45, 7) is 4.39. The van der Waals surface area contributed by atoms with Crippen molar-refractivity contribution < 1.29 is 0 Å². The Labute approximate surface area is 129 Å². The van der Waals surface area contributed by atoms with Gasteiger partial charge in [0, 0.05) is 22.5 Å². The van der Waals surface area contributed by atoms with Crippen LogP contribution in [0.25, 0.3) is 0 Å². The molecule has 0 aliphatic heterocycles. The Bertz CT molecular complexity index is 564. The van der Waals surface area contributed by atoms with E-state index >= 15 is 0 Å². The fourth-order valence-corrected chi connectivity index (χ4v) is 3.28. The number of rotatable bonds is 6. The molecule has 0 unspecified atom stereocenters. The minimum absolute atomic E-state index is 0.494. The van der Waals surface area contributed by atoms with Crippen LogP contribution in [-0.2, 0) is 5.75 Å². The number of aromatic nitrogens is 2. The maximum atomic E-state index is 6.17. The molecule has 20 heavy (non-hydrogen) atoms. The molecule has 1 heterocycles. The minimum atomic E-state index is 0.494. The second kappa shape index (κ2) is 7.04. The largest absolute Gasteiger partial charge is 0.399 e. The summed E-state index contributed by atoms with van der Waals surface area (Å²) in [6.07, 6.45) is 4.28. The third-order valence-corrected chi connectivity index (χ3v) is 4.84. The highest BCUT2D eigenvalue weighted by molar-refractivity contribution is 7.98. The number of benzene rings is 1. The molecule has 1 aromatic heterocycles. The van der Waals surface area contributed by atoms with Gasteiger partial charge >= 0.3 is 0 Å². The summed E-state index contributed by atoms with van der Waals surface area (Å²) in [5, 5.41) is 5.35. The van der Waals surface area contributed by atoms with Crippen LogP contribution in [0.1, 0.15) is 38.4 Å². The number of hydrogen-bond donors (Lipinski definition) is 1. The maximum Gasteiger partial charge on any atom is 0.0727 e. The highest BCUT2D eigenvalue weighted by Crippen LogP contribution is 2.31. The van der Waals surface area contributed by atoms with Gasteiger partial charge in [-0.2, -0.15) is 5.10 Å². The predicted octanol–water partition coefficient (Wildman–Crippen LogP) is 4.77. The molecule has 2 rings (SSSR count). The van der Waals surface area contributed by atoms with Gasteiger partial charge in [0.05, 0.1) is 16.8 Å². The van der Waals surface area contributed by atoms with E-state index in [1.165, 1.54) is 0 Å². The molecule has 0 aliphatic carbocycles. The Hall–Kier alpha value is -1.13. The molecule has 0 aliphatic rings. The number of halogens is 1. The molecule has 0 spiro atoms. The van der Waals surface area contributed by atoms with Crippen LogP contribution in [0, 0.1) is 0 Å². The summed E-state index contributed by atoms with van der Waals surface area (Å²) in [7, 11) is 0. The monoisotopic (exact) mass is 309 g/mol. The zero-order chi connectivity index (χ0) is 14.5. The van der Waals surface area contributed by atoms with E-state index in [1.54, 1.807) is 17.8 Å². The summed E-state index contributed by atoms with van der Waals surface area (Å²) in [6, 6.07) is 8.19. The van der Waals surface area contributed by atoms with Gasteiger partial charge in [0.1, 0.15) is 0 Å². The Morgan fingerprint density at radius 1 is 1.30 bits per heavy atom. The van der Waals surface area contributed by atoms with Gasteiger partial charge in [0.15, 0.2) is 0 Å². The van der Waals surface area contributed by atoms with Crippen LogP contribution in [0.3, 0.4) is 0 Å². The molecule has 0 saturated heterocycles. The zero-order valence-corrected chi connectivity index (χ0v) is 13.4. The lowest BCUT2D eigenvalue weighted by molar-refractivity contribution is 0.426. The van der Waals surface area contributed by atoms with Crippen LogP contribution in [-0.4, -0.2) is 9.78 Å². The van der Waals surface area contributed by atoms with E-state index in [1.807, 2.05) is 12.1 Å². The van der Waals surface area contributed by atoms with Gasteiger partial charge in [-0.3, -0.25) is 4.68 Å². The van der Waals surface area contributed by atoms with E-state index in [4.69, 9.17) is 17.3 Å². The number of nitrogens with zero attached hydrogens (tertiary/aromatic N) is 2. The maximum absolute atomic E-state index is 6.17. The smallest absolute Gasteiger partial charge is 0.0727 e.